The van der Waals surface area contributed by atoms with Crippen molar-refractivity contribution in [1.29, 1.82) is 0 Å². The Morgan fingerprint density at radius 3 is 2.56 bits per heavy atom. The molecule has 0 aliphatic carbocycles. The number of hydrogen-bond acceptors (Lipinski definition) is 7. The van der Waals surface area contributed by atoms with Crippen LogP contribution in [0.25, 0.3) is 0 Å². The SMILES string of the molecule is CN(C)CCCOc1cc(C(=O)O)n(Cc2ccccc2)n1.Nc1cccc2c1OC(F)(F)O2. The topological polar surface area (TPSA) is 112 Å². The Morgan fingerprint density at radius 2 is 1.91 bits per heavy atom. The fourth-order valence-electron chi connectivity index (χ4n) is 3.06. The lowest BCUT2D eigenvalue weighted by atomic mass is 10.2. The summed E-state index contributed by atoms with van der Waals surface area (Å²) in [5.41, 5.74) is 6.62. The van der Waals surface area contributed by atoms with Crippen molar-refractivity contribution in [3.8, 4) is 17.4 Å². The van der Waals surface area contributed by atoms with Gasteiger partial charge in [-0.05, 0) is 38.2 Å². The number of ether oxygens (including phenoxy) is 3. The van der Waals surface area contributed by atoms with Gasteiger partial charge >= 0.3 is 12.3 Å². The number of carboxylic acids is 1. The molecule has 182 valence electrons. The van der Waals surface area contributed by atoms with Gasteiger partial charge in [-0.15, -0.1) is 13.9 Å². The first-order chi connectivity index (χ1) is 16.1. The monoisotopic (exact) mass is 476 g/mol. The predicted molar refractivity (Wildman–Crippen MR) is 120 cm³/mol. The van der Waals surface area contributed by atoms with Gasteiger partial charge < -0.3 is 30.0 Å². The molecule has 3 N–H and O–H groups in total. The van der Waals surface area contributed by atoms with Gasteiger partial charge in [0.15, 0.2) is 17.2 Å². The summed E-state index contributed by atoms with van der Waals surface area (Å²) in [4.78, 5) is 13.4. The van der Waals surface area contributed by atoms with Crippen LogP contribution in [0.1, 0.15) is 22.5 Å². The Kier molecular flexibility index (Phi) is 7.90. The Labute approximate surface area is 195 Å². The zero-order chi connectivity index (χ0) is 24.7. The van der Waals surface area contributed by atoms with Crippen molar-refractivity contribution in [1.82, 2.24) is 14.7 Å². The summed E-state index contributed by atoms with van der Waals surface area (Å²) >= 11 is 0. The number of carbonyl (C=O) groups is 1. The number of benzene rings is 2. The highest BCUT2D eigenvalue weighted by Gasteiger charge is 2.44. The third-order valence-electron chi connectivity index (χ3n) is 4.61. The molecule has 4 rings (SSSR count). The second-order valence-electron chi connectivity index (χ2n) is 7.66. The number of anilines is 1. The average molecular weight is 476 g/mol. The molecule has 1 aromatic heterocycles. The number of rotatable bonds is 8. The maximum atomic E-state index is 12.4. The zero-order valence-corrected chi connectivity index (χ0v) is 18.8. The summed E-state index contributed by atoms with van der Waals surface area (Å²) in [5, 5.41) is 13.5. The van der Waals surface area contributed by atoms with Crippen LogP contribution < -0.4 is 19.9 Å². The number of halogens is 2. The summed E-state index contributed by atoms with van der Waals surface area (Å²) in [6.45, 7) is 1.83. The molecule has 9 nitrogen and oxygen atoms in total. The van der Waals surface area contributed by atoms with E-state index in [-0.39, 0.29) is 22.9 Å². The van der Waals surface area contributed by atoms with Gasteiger partial charge in [-0.2, -0.15) is 0 Å². The third kappa shape index (κ3) is 6.82. The van der Waals surface area contributed by atoms with Crippen LogP contribution in [0.4, 0.5) is 14.5 Å². The van der Waals surface area contributed by atoms with E-state index in [0.717, 1.165) is 18.5 Å². The van der Waals surface area contributed by atoms with Crippen molar-refractivity contribution in [3.63, 3.8) is 0 Å². The highest BCUT2D eigenvalue weighted by Crippen LogP contribution is 2.44. The van der Waals surface area contributed by atoms with Crippen LogP contribution >= 0.6 is 0 Å². The molecule has 0 unspecified atom stereocenters. The lowest BCUT2D eigenvalue weighted by Gasteiger charge is -2.08. The number of hydrogen-bond donors (Lipinski definition) is 2. The molecule has 3 aromatic rings. The van der Waals surface area contributed by atoms with Crippen molar-refractivity contribution in [2.75, 3.05) is 33.0 Å². The van der Waals surface area contributed by atoms with E-state index in [4.69, 9.17) is 10.5 Å². The van der Waals surface area contributed by atoms with Crippen LogP contribution in [0.5, 0.6) is 17.4 Å². The normalized spacial score (nSPS) is 13.3. The minimum absolute atomic E-state index is 0.0278. The first-order valence-corrected chi connectivity index (χ1v) is 10.4. The molecular weight excluding hydrogens is 450 g/mol. The molecule has 1 aliphatic heterocycles. The summed E-state index contributed by atoms with van der Waals surface area (Å²) in [5.74, 6) is -0.777. The Balaban J connectivity index is 0.000000226. The Morgan fingerprint density at radius 1 is 1.18 bits per heavy atom. The number of aromatic nitrogens is 2. The van der Waals surface area contributed by atoms with Gasteiger partial charge in [-0.3, -0.25) is 0 Å². The third-order valence-corrected chi connectivity index (χ3v) is 4.61. The van der Waals surface area contributed by atoms with Crippen molar-refractivity contribution in [2.24, 2.45) is 0 Å². The van der Waals surface area contributed by atoms with Crippen LogP contribution in [0.15, 0.2) is 54.6 Å². The molecule has 0 atom stereocenters. The van der Waals surface area contributed by atoms with Crippen LogP contribution in [0, 0.1) is 0 Å². The largest absolute Gasteiger partial charge is 0.586 e. The standard InChI is InChI=1S/C16H21N3O3.C7H5F2NO2/c1-18(2)9-6-10-22-15-11-14(16(20)21)19(17-15)12-13-7-4-3-5-8-13;8-7(9)11-5-3-1-2-4(10)6(5)12-7/h3-5,7-8,11H,6,9-10,12H2,1-2H3,(H,20,21);1-3H,10H2. The molecular formula is C23H26F2N4O5. The first kappa shape index (κ1) is 24.8. The van der Waals surface area contributed by atoms with E-state index < -0.39 is 12.3 Å². The second kappa shape index (κ2) is 10.8. The van der Waals surface area contributed by atoms with E-state index in [0.29, 0.717) is 19.0 Å². The Hall–Kier alpha value is -3.86. The van der Waals surface area contributed by atoms with Gasteiger partial charge in [0.25, 0.3) is 0 Å². The number of nitrogens with two attached hydrogens (primary N) is 1. The van der Waals surface area contributed by atoms with E-state index in [1.165, 1.54) is 28.9 Å². The zero-order valence-electron chi connectivity index (χ0n) is 18.8. The van der Waals surface area contributed by atoms with E-state index >= 15 is 0 Å². The number of carboxylic acid groups (broad SMARTS) is 1. The van der Waals surface area contributed by atoms with Crippen LogP contribution in [0.3, 0.4) is 0 Å². The highest BCUT2D eigenvalue weighted by atomic mass is 19.3. The van der Waals surface area contributed by atoms with Crippen molar-refractivity contribution < 1.29 is 32.9 Å². The van der Waals surface area contributed by atoms with Gasteiger partial charge in [0.05, 0.1) is 18.8 Å². The number of alkyl halides is 2. The Bertz CT molecular complexity index is 1110. The van der Waals surface area contributed by atoms with Gasteiger partial charge in [0.2, 0.25) is 5.88 Å². The minimum atomic E-state index is -3.59. The molecule has 2 heterocycles. The molecule has 11 heteroatoms. The van der Waals surface area contributed by atoms with Crippen LogP contribution in [0.2, 0.25) is 0 Å². The van der Waals surface area contributed by atoms with Crippen molar-refractivity contribution >= 4 is 11.7 Å². The van der Waals surface area contributed by atoms with Gasteiger partial charge in [0.1, 0.15) is 0 Å². The van der Waals surface area contributed by atoms with Gasteiger partial charge in [0, 0.05) is 12.6 Å². The lowest BCUT2D eigenvalue weighted by Crippen LogP contribution is -2.26. The quantitative estimate of drug-likeness (QED) is 0.375. The highest BCUT2D eigenvalue weighted by molar-refractivity contribution is 5.86. The maximum absolute atomic E-state index is 12.4. The van der Waals surface area contributed by atoms with Gasteiger partial charge in [-0.25, -0.2) is 9.48 Å². The fourth-order valence-corrected chi connectivity index (χ4v) is 3.06. The number of aromatic carboxylic acids is 1. The lowest BCUT2D eigenvalue weighted by molar-refractivity contribution is -0.286. The summed E-state index contributed by atoms with van der Waals surface area (Å²) < 4.78 is 40.1. The number of nitrogens with zero attached hydrogens (tertiary/aromatic N) is 3. The molecule has 34 heavy (non-hydrogen) atoms. The molecule has 0 saturated carbocycles. The van der Waals surface area contributed by atoms with Crippen molar-refractivity contribution in [2.45, 2.75) is 19.3 Å². The van der Waals surface area contributed by atoms with Gasteiger partial charge in [-0.1, -0.05) is 36.4 Å². The summed E-state index contributed by atoms with van der Waals surface area (Å²) in [6, 6.07) is 15.4. The molecule has 1 aliphatic rings. The van der Waals surface area contributed by atoms with Crippen LogP contribution in [-0.4, -0.2) is 59.3 Å². The van der Waals surface area contributed by atoms with E-state index in [2.05, 4.69) is 19.5 Å². The molecule has 0 radical (unpaired) electrons. The van der Waals surface area contributed by atoms with Crippen molar-refractivity contribution in [3.05, 3.63) is 65.9 Å². The second-order valence-corrected chi connectivity index (χ2v) is 7.66. The van der Waals surface area contributed by atoms with E-state index in [1.54, 1.807) is 0 Å². The first-order valence-electron chi connectivity index (χ1n) is 10.4. The summed E-state index contributed by atoms with van der Waals surface area (Å²) in [6.07, 6.45) is -2.72. The average Bonchev–Trinajstić information content (AvgIpc) is 3.32. The number of para-hydroxylation sites is 1. The number of nitrogen functional groups attached to an aromatic ring is 1. The minimum Gasteiger partial charge on any atom is -0.477 e. The predicted octanol–water partition coefficient (Wildman–Crippen LogP) is 3.55. The smallest absolute Gasteiger partial charge is 0.477 e. The van der Waals surface area contributed by atoms with E-state index in [1.807, 2.05) is 44.4 Å². The molecule has 0 fully saturated rings. The number of fused-ring (bicyclic) bond motifs is 1. The fraction of sp³-hybridized carbons (Fsp3) is 0.304. The molecule has 0 amide bonds. The van der Waals surface area contributed by atoms with Crippen LogP contribution in [-0.2, 0) is 6.54 Å². The molecule has 0 bridgehead atoms. The molecule has 0 saturated heterocycles. The summed E-state index contributed by atoms with van der Waals surface area (Å²) in [7, 11) is 3.99. The molecule has 2 aromatic carbocycles. The maximum Gasteiger partial charge on any atom is 0.586 e. The van der Waals surface area contributed by atoms with E-state index in [9.17, 15) is 18.7 Å². The molecule has 0 spiro atoms.